The molecule has 0 atom stereocenters. The van der Waals surface area contributed by atoms with E-state index in [0.29, 0.717) is 12.2 Å². The molecular weight excluding hydrogens is 446 g/mol. The van der Waals surface area contributed by atoms with Crippen molar-refractivity contribution in [2.24, 2.45) is 5.41 Å². The standard InChI is InChI=1S/C27H29N3O3S/c1-2-33-21-8-6-20(7-9-21)25(31)29-16-12-27(13-17-29)14-18-30(19-27)26(32)24-11-10-23(34-24)22-5-3-4-15-28-22/h3-11,15H,2,12-14,16-19H2,1H3. The smallest absolute Gasteiger partial charge is 0.263 e. The van der Waals surface area contributed by atoms with Gasteiger partial charge in [0.05, 0.1) is 22.1 Å². The van der Waals surface area contributed by atoms with E-state index in [9.17, 15) is 9.59 Å². The lowest BCUT2D eigenvalue weighted by atomic mass is 9.77. The predicted octanol–water partition coefficient (Wildman–Crippen LogP) is 4.98. The van der Waals surface area contributed by atoms with Crippen LogP contribution in [0.15, 0.2) is 60.8 Å². The van der Waals surface area contributed by atoms with Crippen LogP contribution in [-0.4, -0.2) is 59.4 Å². The van der Waals surface area contributed by atoms with Gasteiger partial charge in [-0.2, -0.15) is 0 Å². The summed E-state index contributed by atoms with van der Waals surface area (Å²) in [5, 5.41) is 0. The second-order valence-electron chi connectivity index (χ2n) is 9.11. The Labute approximate surface area is 204 Å². The maximum absolute atomic E-state index is 13.2. The Morgan fingerprint density at radius 3 is 2.35 bits per heavy atom. The van der Waals surface area contributed by atoms with Crippen LogP contribution >= 0.6 is 11.3 Å². The Bertz CT molecular complexity index is 1150. The van der Waals surface area contributed by atoms with E-state index in [-0.39, 0.29) is 17.2 Å². The maximum atomic E-state index is 13.2. The summed E-state index contributed by atoms with van der Waals surface area (Å²) in [6.07, 6.45) is 4.64. The van der Waals surface area contributed by atoms with E-state index in [4.69, 9.17) is 4.74 Å². The van der Waals surface area contributed by atoms with Crippen LogP contribution < -0.4 is 4.74 Å². The summed E-state index contributed by atoms with van der Waals surface area (Å²) in [6, 6.07) is 17.1. The second-order valence-corrected chi connectivity index (χ2v) is 10.2. The van der Waals surface area contributed by atoms with Gasteiger partial charge < -0.3 is 14.5 Å². The van der Waals surface area contributed by atoms with E-state index in [0.717, 1.165) is 66.6 Å². The number of likely N-dealkylation sites (tertiary alicyclic amines) is 2. The Morgan fingerprint density at radius 1 is 0.941 bits per heavy atom. The first-order valence-electron chi connectivity index (χ1n) is 11.9. The molecule has 176 valence electrons. The van der Waals surface area contributed by atoms with Crippen LogP contribution in [0.3, 0.4) is 0 Å². The molecule has 2 aliphatic rings. The highest BCUT2D eigenvalue weighted by molar-refractivity contribution is 7.17. The average molecular weight is 476 g/mol. The number of amides is 2. The average Bonchev–Trinajstić information content (AvgIpc) is 3.53. The van der Waals surface area contributed by atoms with Gasteiger partial charge in [-0.25, -0.2) is 0 Å². The van der Waals surface area contributed by atoms with Crippen molar-refractivity contribution in [3.8, 4) is 16.3 Å². The van der Waals surface area contributed by atoms with Crippen molar-refractivity contribution in [3.63, 3.8) is 0 Å². The number of benzene rings is 1. The fourth-order valence-corrected chi connectivity index (χ4v) is 5.95. The zero-order chi connectivity index (χ0) is 23.5. The second kappa shape index (κ2) is 9.58. The van der Waals surface area contributed by atoms with E-state index in [1.165, 1.54) is 11.3 Å². The first-order chi connectivity index (χ1) is 16.6. The number of rotatable bonds is 5. The number of carbonyl (C=O) groups is 2. The van der Waals surface area contributed by atoms with Gasteiger partial charge in [0.1, 0.15) is 5.75 Å². The number of pyridine rings is 1. The van der Waals surface area contributed by atoms with Crippen molar-refractivity contribution in [2.75, 3.05) is 32.8 Å². The SMILES string of the molecule is CCOc1ccc(C(=O)N2CCC3(CC2)CCN(C(=O)c2ccc(-c4ccccn4)s2)C3)cc1. The number of nitrogens with zero attached hydrogens (tertiary/aromatic N) is 3. The third-order valence-electron chi connectivity index (χ3n) is 6.98. The lowest BCUT2D eigenvalue weighted by Gasteiger charge is -2.39. The fraction of sp³-hybridized carbons (Fsp3) is 0.370. The van der Waals surface area contributed by atoms with E-state index in [1.54, 1.807) is 6.20 Å². The molecule has 5 rings (SSSR count). The van der Waals surface area contributed by atoms with Gasteiger partial charge >= 0.3 is 0 Å². The van der Waals surface area contributed by atoms with Gasteiger partial charge in [-0.1, -0.05) is 6.07 Å². The summed E-state index contributed by atoms with van der Waals surface area (Å²) < 4.78 is 5.48. The summed E-state index contributed by atoms with van der Waals surface area (Å²) in [5.41, 5.74) is 1.71. The monoisotopic (exact) mass is 475 g/mol. The largest absolute Gasteiger partial charge is 0.494 e. The van der Waals surface area contributed by atoms with Crippen LogP contribution in [0.25, 0.3) is 10.6 Å². The van der Waals surface area contributed by atoms with Crippen LogP contribution in [0.2, 0.25) is 0 Å². The van der Waals surface area contributed by atoms with Crippen molar-refractivity contribution in [1.82, 2.24) is 14.8 Å². The van der Waals surface area contributed by atoms with Crippen LogP contribution in [0.4, 0.5) is 0 Å². The minimum Gasteiger partial charge on any atom is -0.494 e. The molecule has 3 aromatic rings. The van der Waals surface area contributed by atoms with Crippen molar-refractivity contribution < 1.29 is 14.3 Å². The number of aromatic nitrogens is 1. The quantitative estimate of drug-likeness (QED) is 0.522. The summed E-state index contributed by atoms with van der Waals surface area (Å²) in [5.74, 6) is 0.965. The summed E-state index contributed by atoms with van der Waals surface area (Å²) >= 11 is 1.51. The Kier molecular flexibility index (Phi) is 6.37. The zero-order valence-electron chi connectivity index (χ0n) is 19.4. The van der Waals surface area contributed by atoms with Gasteiger partial charge in [0.15, 0.2) is 0 Å². The molecule has 0 radical (unpaired) electrons. The van der Waals surface area contributed by atoms with E-state index in [2.05, 4.69) is 4.98 Å². The van der Waals surface area contributed by atoms with Crippen LogP contribution in [0, 0.1) is 5.41 Å². The molecule has 0 unspecified atom stereocenters. The molecule has 7 heteroatoms. The lowest BCUT2D eigenvalue weighted by molar-refractivity contribution is 0.0566. The van der Waals surface area contributed by atoms with Gasteiger partial charge in [-0.05, 0) is 80.1 Å². The highest BCUT2D eigenvalue weighted by Crippen LogP contribution is 2.41. The summed E-state index contributed by atoms with van der Waals surface area (Å²) in [4.78, 5) is 36.3. The van der Waals surface area contributed by atoms with Crippen molar-refractivity contribution in [2.45, 2.75) is 26.2 Å². The van der Waals surface area contributed by atoms with E-state index >= 15 is 0 Å². The highest BCUT2D eigenvalue weighted by Gasteiger charge is 2.43. The van der Waals surface area contributed by atoms with Crippen LogP contribution in [0.1, 0.15) is 46.2 Å². The minimum atomic E-state index is 0.0736. The molecule has 0 saturated carbocycles. The predicted molar refractivity (Wildman–Crippen MR) is 133 cm³/mol. The number of carbonyl (C=O) groups excluding carboxylic acids is 2. The molecule has 2 aliphatic heterocycles. The van der Waals surface area contributed by atoms with E-state index < -0.39 is 0 Å². The molecule has 2 fully saturated rings. The lowest BCUT2D eigenvalue weighted by Crippen LogP contribution is -2.44. The molecule has 0 N–H and O–H groups in total. The number of ether oxygens (including phenoxy) is 1. The van der Waals surface area contributed by atoms with Crippen molar-refractivity contribution in [1.29, 1.82) is 0 Å². The summed E-state index contributed by atoms with van der Waals surface area (Å²) in [7, 11) is 0. The molecule has 34 heavy (non-hydrogen) atoms. The molecule has 2 aromatic heterocycles. The molecule has 1 aromatic carbocycles. The van der Waals surface area contributed by atoms with Gasteiger partial charge in [0, 0.05) is 37.9 Å². The zero-order valence-corrected chi connectivity index (χ0v) is 20.2. The van der Waals surface area contributed by atoms with Gasteiger partial charge in [0.25, 0.3) is 11.8 Å². The first kappa shape index (κ1) is 22.6. The highest BCUT2D eigenvalue weighted by atomic mass is 32.1. The van der Waals surface area contributed by atoms with Gasteiger partial charge in [-0.15, -0.1) is 11.3 Å². The summed E-state index contributed by atoms with van der Waals surface area (Å²) in [6.45, 7) is 5.57. The molecule has 0 bridgehead atoms. The van der Waals surface area contributed by atoms with Crippen LogP contribution in [-0.2, 0) is 0 Å². The molecule has 4 heterocycles. The van der Waals surface area contributed by atoms with Crippen LogP contribution in [0.5, 0.6) is 5.75 Å². The molecular formula is C27H29N3O3S. The number of piperidine rings is 1. The minimum absolute atomic E-state index is 0.0736. The molecule has 1 spiro atoms. The van der Waals surface area contributed by atoms with Crippen molar-refractivity contribution in [3.05, 3.63) is 71.2 Å². The number of hydrogen-bond donors (Lipinski definition) is 0. The first-order valence-corrected chi connectivity index (χ1v) is 12.7. The molecule has 6 nitrogen and oxygen atoms in total. The normalized spacial score (nSPS) is 17.2. The van der Waals surface area contributed by atoms with E-state index in [1.807, 2.05) is 71.3 Å². The Balaban J connectivity index is 1.18. The molecule has 2 amide bonds. The molecule has 2 saturated heterocycles. The maximum Gasteiger partial charge on any atom is 0.263 e. The van der Waals surface area contributed by atoms with Crippen molar-refractivity contribution >= 4 is 23.2 Å². The number of thiophene rings is 1. The number of hydrogen-bond acceptors (Lipinski definition) is 5. The van der Waals surface area contributed by atoms with Gasteiger partial charge in [-0.3, -0.25) is 14.6 Å². The van der Waals surface area contributed by atoms with Gasteiger partial charge in [0.2, 0.25) is 0 Å². The topological polar surface area (TPSA) is 62.7 Å². The third-order valence-corrected chi connectivity index (χ3v) is 8.08. The Hall–Kier alpha value is -3.19. The third kappa shape index (κ3) is 4.57. The molecule has 0 aliphatic carbocycles. The fourth-order valence-electron chi connectivity index (χ4n) is 5.00. The Morgan fingerprint density at radius 2 is 1.68 bits per heavy atom.